The summed E-state index contributed by atoms with van der Waals surface area (Å²) in [6.45, 7) is 4.69. The van der Waals surface area contributed by atoms with Gasteiger partial charge in [0.1, 0.15) is 0 Å². The van der Waals surface area contributed by atoms with E-state index in [0.717, 1.165) is 31.6 Å². The highest BCUT2D eigenvalue weighted by Crippen LogP contribution is 2.45. The van der Waals surface area contributed by atoms with E-state index >= 15 is 0 Å². The van der Waals surface area contributed by atoms with Crippen molar-refractivity contribution in [3.8, 4) is 11.1 Å². The fourth-order valence-corrected chi connectivity index (χ4v) is 3.63. The Kier molecular flexibility index (Phi) is 3.88. The number of aryl methyl sites for hydroxylation is 1. The third-order valence-corrected chi connectivity index (χ3v) is 5.26. The summed E-state index contributed by atoms with van der Waals surface area (Å²) in [5.74, 6) is 1.33. The first-order chi connectivity index (χ1) is 11.6. The molecule has 2 atom stereocenters. The summed E-state index contributed by atoms with van der Waals surface area (Å²) in [5.41, 5.74) is 3.66. The van der Waals surface area contributed by atoms with E-state index in [1.165, 1.54) is 11.1 Å². The Balaban J connectivity index is 1.44. The fraction of sp³-hybridized carbons (Fsp3) is 0.474. The van der Waals surface area contributed by atoms with Crippen molar-refractivity contribution in [2.24, 2.45) is 13.0 Å². The number of amides is 1. The largest absolute Gasteiger partial charge is 0.339 e. The summed E-state index contributed by atoms with van der Waals surface area (Å²) in [6.07, 6.45) is 5.00. The van der Waals surface area contributed by atoms with Crippen LogP contribution in [0.4, 0.5) is 0 Å². The van der Waals surface area contributed by atoms with E-state index in [1.807, 2.05) is 24.1 Å². The lowest BCUT2D eigenvalue weighted by atomic mass is 10.0. The Morgan fingerprint density at radius 1 is 1.29 bits per heavy atom. The van der Waals surface area contributed by atoms with Crippen LogP contribution in [-0.2, 0) is 11.8 Å². The molecule has 1 aliphatic carbocycles. The molecule has 1 aliphatic heterocycles. The minimum Gasteiger partial charge on any atom is -0.339 e. The minimum absolute atomic E-state index is 0.210. The van der Waals surface area contributed by atoms with Gasteiger partial charge >= 0.3 is 0 Å². The predicted octanol–water partition coefficient (Wildman–Crippen LogP) is 2.01. The lowest BCUT2D eigenvalue weighted by Gasteiger charge is -2.33. The van der Waals surface area contributed by atoms with Gasteiger partial charge in [-0.2, -0.15) is 5.10 Å². The molecule has 1 N–H and O–H groups in total. The predicted molar refractivity (Wildman–Crippen MR) is 93.5 cm³/mol. The molecule has 1 saturated carbocycles. The van der Waals surface area contributed by atoms with Crippen LogP contribution >= 0.6 is 0 Å². The molecule has 5 nitrogen and oxygen atoms in total. The first-order valence-corrected chi connectivity index (χ1v) is 8.68. The zero-order chi connectivity index (χ0) is 16.7. The van der Waals surface area contributed by atoms with Crippen molar-refractivity contribution >= 4 is 5.91 Å². The highest BCUT2D eigenvalue weighted by Gasteiger charge is 2.44. The molecular formula is C19H24N4O. The number of hydrogen-bond donors (Lipinski definition) is 1. The van der Waals surface area contributed by atoms with Crippen molar-refractivity contribution in [2.45, 2.75) is 25.3 Å². The van der Waals surface area contributed by atoms with Crippen molar-refractivity contribution in [3.63, 3.8) is 0 Å². The van der Waals surface area contributed by atoms with Gasteiger partial charge in [0.2, 0.25) is 5.91 Å². The third-order valence-electron chi connectivity index (χ3n) is 5.26. The van der Waals surface area contributed by atoms with Gasteiger partial charge in [-0.1, -0.05) is 24.3 Å². The molecule has 2 unspecified atom stereocenters. The van der Waals surface area contributed by atoms with E-state index in [-0.39, 0.29) is 5.91 Å². The molecule has 1 saturated heterocycles. The summed E-state index contributed by atoms with van der Waals surface area (Å²) >= 11 is 0. The Labute approximate surface area is 142 Å². The minimum atomic E-state index is 0.210. The zero-order valence-electron chi connectivity index (χ0n) is 14.3. The summed E-state index contributed by atoms with van der Waals surface area (Å²) in [6, 6.07) is 9.12. The lowest BCUT2D eigenvalue weighted by Crippen LogP contribution is -2.49. The molecule has 0 bridgehead atoms. The molecule has 1 aromatic heterocycles. The number of nitrogens with zero attached hydrogens (tertiary/aromatic N) is 3. The summed E-state index contributed by atoms with van der Waals surface area (Å²) in [4.78, 5) is 14.1. The van der Waals surface area contributed by atoms with Gasteiger partial charge in [-0.15, -0.1) is 0 Å². The quantitative estimate of drug-likeness (QED) is 0.915. The second-order valence-corrected chi connectivity index (χ2v) is 7.13. The Bertz CT molecular complexity index is 732. The Morgan fingerprint density at radius 2 is 2.04 bits per heavy atom. The Hall–Kier alpha value is -2.14. The molecule has 2 heterocycles. The van der Waals surface area contributed by atoms with E-state index in [2.05, 4.69) is 39.6 Å². The summed E-state index contributed by atoms with van der Waals surface area (Å²) < 4.78 is 1.82. The van der Waals surface area contributed by atoms with Gasteiger partial charge in [0.25, 0.3) is 0 Å². The molecule has 2 fully saturated rings. The summed E-state index contributed by atoms with van der Waals surface area (Å²) in [5, 5.41) is 7.51. The molecular weight excluding hydrogens is 300 g/mol. The number of carbonyl (C=O) groups excluding carboxylic acids is 1. The van der Waals surface area contributed by atoms with Crippen molar-refractivity contribution in [1.29, 1.82) is 0 Å². The van der Waals surface area contributed by atoms with Gasteiger partial charge in [-0.25, -0.2) is 0 Å². The maximum atomic E-state index is 12.0. The van der Waals surface area contributed by atoms with E-state index in [9.17, 15) is 4.79 Å². The monoisotopic (exact) mass is 324 g/mol. The van der Waals surface area contributed by atoms with Crippen LogP contribution < -0.4 is 5.32 Å². The maximum Gasteiger partial charge on any atom is 0.219 e. The van der Waals surface area contributed by atoms with Crippen molar-refractivity contribution in [3.05, 3.63) is 42.2 Å². The topological polar surface area (TPSA) is 50.2 Å². The average Bonchev–Trinajstić information content (AvgIpc) is 3.19. The number of carbonyl (C=O) groups is 1. The molecule has 2 aromatic rings. The molecule has 2 aliphatic rings. The SMILES string of the molecule is CC(=O)N(CC1CNC1)C1CC1c1ccc(-c2cnn(C)c2)cc1. The fourth-order valence-electron chi connectivity index (χ4n) is 3.63. The molecule has 24 heavy (non-hydrogen) atoms. The van der Waals surface area contributed by atoms with E-state index in [1.54, 1.807) is 6.92 Å². The maximum absolute atomic E-state index is 12.0. The van der Waals surface area contributed by atoms with Gasteiger partial charge < -0.3 is 10.2 Å². The van der Waals surface area contributed by atoms with Crippen LogP contribution in [0.15, 0.2) is 36.7 Å². The highest BCUT2D eigenvalue weighted by molar-refractivity contribution is 5.74. The summed E-state index contributed by atoms with van der Waals surface area (Å²) in [7, 11) is 1.93. The first kappa shape index (κ1) is 15.4. The number of benzene rings is 1. The van der Waals surface area contributed by atoms with Crippen LogP contribution in [0.1, 0.15) is 24.8 Å². The van der Waals surface area contributed by atoms with E-state index < -0.39 is 0 Å². The molecule has 0 spiro atoms. The van der Waals surface area contributed by atoms with Gasteiger partial charge in [0.05, 0.1) is 6.20 Å². The third kappa shape index (κ3) is 2.96. The zero-order valence-corrected chi connectivity index (χ0v) is 14.3. The molecule has 1 amide bonds. The van der Waals surface area contributed by atoms with E-state index in [4.69, 9.17) is 0 Å². The van der Waals surface area contributed by atoms with E-state index in [0.29, 0.717) is 17.9 Å². The van der Waals surface area contributed by atoms with Gasteiger partial charge in [0, 0.05) is 63.2 Å². The van der Waals surface area contributed by atoms with Crippen molar-refractivity contribution < 1.29 is 4.79 Å². The van der Waals surface area contributed by atoms with Gasteiger partial charge in [0.15, 0.2) is 0 Å². The molecule has 4 rings (SSSR count). The number of nitrogens with one attached hydrogen (secondary N) is 1. The van der Waals surface area contributed by atoms with Gasteiger partial charge in [-0.05, 0) is 17.5 Å². The standard InChI is InChI=1S/C19H24N4O/c1-13(24)23(11-14-8-20-9-14)19-7-18(19)16-5-3-15(4-6-16)17-10-21-22(2)12-17/h3-6,10,12,14,18-20H,7-9,11H2,1-2H3. The Morgan fingerprint density at radius 3 is 2.58 bits per heavy atom. The van der Waals surface area contributed by atoms with Crippen LogP contribution in [0, 0.1) is 5.92 Å². The van der Waals surface area contributed by atoms with Crippen molar-refractivity contribution in [2.75, 3.05) is 19.6 Å². The van der Waals surface area contributed by atoms with Crippen LogP contribution in [0.5, 0.6) is 0 Å². The molecule has 5 heteroatoms. The van der Waals surface area contributed by atoms with Crippen LogP contribution in [0.25, 0.3) is 11.1 Å². The molecule has 1 aromatic carbocycles. The second kappa shape index (κ2) is 6.06. The average molecular weight is 324 g/mol. The van der Waals surface area contributed by atoms with Gasteiger partial charge in [-0.3, -0.25) is 9.48 Å². The normalized spacial score (nSPS) is 22.9. The lowest BCUT2D eigenvalue weighted by molar-refractivity contribution is -0.130. The number of hydrogen-bond acceptors (Lipinski definition) is 3. The van der Waals surface area contributed by atoms with Crippen LogP contribution in [0.2, 0.25) is 0 Å². The molecule has 0 radical (unpaired) electrons. The number of rotatable bonds is 5. The second-order valence-electron chi connectivity index (χ2n) is 7.13. The first-order valence-electron chi connectivity index (χ1n) is 8.68. The van der Waals surface area contributed by atoms with Crippen molar-refractivity contribution in [1.82, 2.24) is 20.0 Å². The number of aromatic nitrogens is 2. The highest BCUT2D eigenvalue weighted by atomic mass is 16.2. The van der Waals surface area contributed by atoms with Crippen LogP contribution in [0.3, 0.4) is 0 Å². The van der Waals surface area contributed by atoms with Crippen LogP contribution in [-0.4, -0.2) is 46.3 Å². The molecule has 126 valence electrons. The smallest absolute Gasteiger partial charge is 0.219 e.